The highest BCUT2D eigenvalue weighted by Crippen LogP contribution is 2.31. The highest BCUT2D eigenvalue weighted by Gasteiger charge is 2.27. The molecule has 1 fully saturated rings. The Labute approximate surface area is 115 Å². The van der Waals surface area contributed by atoms with Crippen LogP contribution in [0.2, 0.25) is 0 Å². The zero-order chi connectivity index (χ0) is 13.5. The summed E-state index contributed by atoms with van der Waals surface area (Å²) in [6, 6.07) is 10.7. The van der Waals surface area contributed by atoms with E-state index in [1.54, 1.807) is 0 Å². The van der Waals surface area contributed by atoms with Gasteiger partial charge in [0.1, 0.15) is 5.82 Å². The van der Waals surface area contributed by atoms with Gasteiger partial charge in [0.05, 0.1) is 5.52 Å². The monoisotopic (exact) mass is 254 g/mol. The van der Waals surface area contributed by atoms with Crippen LogP contribution in [0.25, 0.3) is 10.9 Å². The van der Waals surface area contributed by atoms with E-state index in [4.69, 9.17) is 4.98 Å². The van der Waals surface area contributed by atoms with E-state index in [1.165, 1.54) is 23.8 Å². The van der Waals surface area contributed by atoms with Crippen LogP contribution in [0, 0.1) is 12.3 Å². The van der Waals surface area contributed by atoms with Crippen LogP contribution < -0.4 is 4.90 Å². The highest BCUT2D eigenvalue weighted by atomic mass is 15.2. The third kappa shape index (κ3) is 2.44. The van der Waals surface area contributed by atoms with E-state index in [-0.39, 0.29) is 0 Å². The zero-order valence-corrected chi connectivity index (χ0v) is 12.1. The maximum atomic E-state index is 4.89. The van der Waals surface area contributed by atoms with Crippen molar-refractivity contribution in [3.63, 3.8) is 0 Å². The van der Waals surface area contributed by atoms with Crippen LogP contribution in [0.15, 0.2) is 30.3 Å². The third-order valence-corrected chi connectivity index (χ3v) is 4.13. The second-order valence-electron chi connectivity index (χ2n) is 6.51. The molecular formula is C17H22N2. The number of aromatic nitrogens is 1. The summed E-state index contributed by atoms with van der Waals surface area (Å²) in [5.74, 6) is 1.13. The van der Waals surface area contributed by atoms with E-state index in [2.05, 4.69) is 56.0 Å². The number of fused-ring (bicyclic) bond motifs is 1. The zero-order valence-electron chi connectivity index (χ0n) is 12.1. The Bertz CT molecular complexity index is 601. The van der Waals surface area contributed by atoms with Crippen LogP contribution in [-0.4, -0.2) is 18.1 Å². The smallest absolute Gasteiger partial charge is 0.129 e. The van der Waals surface area contributed by atoms with E-state index in [9.17, 15) is 0 Å². The molecule has 0 bridgehead atoms. The molecule has 0 atom stereocenters. The molecule has 0 saturated carbocycles. The van der Waals surface area contributed by atoms with Gasteiger partial charge in [0.25, 0.3) is 0 Å². The first kappa shape index (κ1) is 12.5. The van der Waals surface area contributed by atoms with E-state index < -0.39 is 0 Å². The summed E-state index contributed by atoms with van der Waals surface area (Å²) >= 11 is 0. The van der Waals surface area contributed by atoms with Gasteiger partial charge in [-0.3, -0.25) is 0 Å². The molecule has 2 nitrogen and oxygen atoms in total. The molecule has 2 heterocycles. The average molecular weight is 254 g/mol. The van der Waals surface area contributed by atoms with Crippen molar-refractivity contribution in [1.29, 1.82) is 0 Å². The molecule has 2 heteroatoms. The number of hydrogen-bond donors (Lipinski definition) is 0. The number of pyridine rings is 1. The molecule has 0 aliphatic carbocycles. The molecule has 0 amide bonds. The minimum Gasteiger partial charge on any atom is -0.356 e. The second kappa shape index (κ2) is 4.52. The first-order valence-corrected chi connectivity index (χ1v) is 7.17. The molecule has 1 saturated heterocycles. The van der Waals surface area contributed by atoms with Crippen LogP contribution in [0.3, 0.4) is 0 Å². The van der Waals surface area contributed by atoms with E-state index in [1.807, 2.05) is 0 Å². The molecule has 3 rings (SSSR count). The van der Waals surface area contributed by atoms with Crippen LogP contribution in [0.4, 0.5) is 5.82 Å². The Balaban J connectivity index is 1.99. The second-order valence-corrected chi connectivity index (χ2v) is 6.51. The Hall–Kier alpha value is -1.57. The summed E-state index contributed by atoms with van der Waals surface area (Å²) in [6.45, 7) is 9.08. The first-order valence-electron chi connectivity index (χ1n) is 7.17. The van der Waals surface area contributed by atoms with E-state index in [0.717, 1.165) is 24.4 Å². The van der Waals surface area contributed by atoms with Gasteiger partial charge in [0, 0.05) is 18.5 Å². The molecule has 19 heavy (non-hydrogen) atoms. The molecule has 1 aromatic carbocycles. The predicted molar refractivity (Wildman–Crippen MR) is 81.7 cm³/mol. The van der Waals surface area contributed by atoms with Crippen molar-refractivity contribution in [2.24, 2.45) is 5.41 Å². The van der Waals surface area contributed by atoms with Crippen LogP contribution in [0.1, 0.15) is 32.3 Å². The maximum Gasteiger partial charge on any atom is 0.129 e. The predicted octanol–water partition coefficient (Wildman–Crippen LogP) is 4.17. The maximum absolute atomic E-state index is 4.89. The Kier molecular flexibility index (Phi) is 2.96. The number of rotatable bonds is 1. The SMILES string of the molecule is Cc1cccc2ccc(N3CCCC(C)(C)C3)nc12. The first-order chi connectivity index (χ1) is 9.05. The number of benzene rings is 1. The fourth-order valence-corrected chi connectivity index (χ4v) is 3.08. The molecular weight excluding hydrogens is 232 g/mol. The molecule has 1 aliphatic heterocycles. The van der Waals surface area contributed by atoms with Gasteiger partial charge in [0.15, 0.2) is 0 Å². The average Bonchev–Trinajstić information content (AvgIpc) is 2.38. The number of piperidine rings is 1. The molecule has 0 radical (unpaired) electrons. The molecule has 0 unspecified atom stereocenters. The normalized spacial score (nSPS) is 18.8. The van der Waals surface area contributed by atoms with Crippen molar-refractivity contribution in [1.82, 2.24) is 4.98 Å². The minimum absolute atomic E-state index is 0.403. The number of para-hydroxylation sites is 1. The van der Waals surface area contributed by atoms with Crippen LogP contribution in [0.5, 0.6) is 0 Å². The summed E-state index contributed by atoms with van der Waals surface area (Å²) in [6.07, 6.45) is 2.58. The topological polar surface area (TPSA) is 16.1 Å². The quantitative estimate of drug-likeness (QED) is 0.759. The standard InChI is InChI=1S/C17H22N2/c1-13-6-4-7-14-8-9-15(18-16(13)14)19-11-5-10-17(2,3)12-19/h4,6-9H,5,10-12H2,1-3H3. The fraction of sp³-hybridized carbons (Fsp3) is 0.471. The number of hydrogen-bond acceptors (Lipinski definition) is 2. The van der Waals surface area contributed by atoms with Gasteiger partial charge in [-0.15, -0.1) is 0 Å². The van der Waals surface area contributed by atoms with Gasteiger partial charge >= 0.3 is 0 Å². The fourth-order valence-electron chi connectivity index (χ4n) is 3.08. The molecule has 100 valence electrons. The van der Waals surface area contributed by atoms with Crippen molar-refractivity contribution < 1.29 is 0 Å². The van der Waals surface area contributed by atoms with Crippen molar-refractivity contribution in [2.45, 2.75) is 33.6 Å². The van der Waals surface area contributed by atoms with Gasteiger partial charge in [-0.25, -0.2) is 4.98 Å². The van der Waals surface area contributed by atoms with Crippen LogP contribution in [-0.2, 0) is 0 Å². The lowest BCUT2D eigenvalue weighted by Crippen LogP contribution is -2.40. The summed E-state index contributed by atoms with van der Waals surface area (Å²) in [5.41, 5.74) is 2.81. The molecule has 2 aromatic rings. The lowest BCUT2D eigenvalue weighted by atomic mass is 9.84. The van der Waals surface area contributed by atoms with Gasteiger partial charge in [-0.05, 0) is 42.9 Å². The molecule has 0 N–H and O–H groups in total. The summed E-state index contributed by atoms with van der Waals surface area (Å²) in [4.78, 5) is 7.33. The highest BCUT2D eigenvalue weighted by molar-refractivity contribution is 5.83. The van der Waals surface area contributed by atoms with Crippen molar-refractivity contribution >= 4 is 16.7 Å². The Morgan fingerprint density at radius 1 is 1.16 bits per heavy atom. The summed E-state index contributed by atoms with van der Waals surface area (Å²) in [5, 5.41) is 1.24. The van der Waals surface area contributed by atoms with Gasteiger partial charge in [-0.1, -0.05) is 32.0 Å². The molecule has 1 aromatic heterocycles. The van der Waals surface area contributed by atoms with Gasteiger partial charge < -0.3 is 4.90 Å². The third-order valence-electron chi connectivity index (χ3n) is 4.13. The minimum atomic E-state index is 0.403. The number of nitrogens with zero attached hydrogens (tertiary/aromatic N) is 2. The van der Waals surface area contributed by atoms with Crippen molar-refractivity contribution in [2.75, 3.05) is 18.0 Å². The van der Waals surface area contributed by atoms with E-state index >= 15 is 0 Å². The molecule has 1 aliphatic rings. The lowest BCUT2D eigenvalue weighted by molar-refractivity contribution is 0.292. The van der Waals surface area contributed by atoms with Crippen LogP contribution >= 0.6 is 0 Å². The Morgan fingerprint density at radius 3 is 2.79 bits per heavy atom. The van der Waals surface area contributed by atoms with Gasteiger partial charge in [0.2, 0.25) is 0 Å². The van der Waals surface area contributed by atoms with Crippen molar-refractivity contribution in [3.8, 4) is 0 Å². The lowest BCUT2D eigenvalue weighted by Gasteiger charge is -2.38. The van der Waals surface area contributed by atoms with E-state index in [0.29, 0.717) is 5.41 Å². The summed E-state index contributed by atoms with van der Waals surface area (Å²) in [7, 11) is 0. The van der Waals surface area contributed by atoms with Gasteiger partial charge in [-0.2, -0.15) is 0 Å². The number of aryl methyl sites for hydroxylation is 1. The Morgan fingerprint density at radius 2 is 2.00 bits per heavy atom. The van der Waals surface area contributed by atoms with Crippen molar-refractivity contribution in [3.05, 3.63) is 35.9 Å². The summed E-state index contributed by atoms with van der Waals surface area (Å²) < 4.78 is 0. The molecule has 0 spiro atoms. The number of anilines is 1. The largest absolute Gasteiger partial charge is 0.356 e.